The maximum absolute atomic E-state index is 5.58. The summed E-state index contributed by atoms with van der Waals surface area (Å²) in [4.78, 5) is 24.9. The largest absolute Gasteiger partial charge is 0.310 e. The SMILES string of the molecule is CCCCC(CC)Cc1ccc(-c2cc3c(c4nc5c6cccnc6c6ncccc6c5nc24)N(c2ccc(CC(CC)CCCC)s2)SN3)s1. The van der Waals surface area contributed by atoms with Crippen LogP contribution in [0.2, 0.25) is 0 Å². The van der Waals surface area contributed by atoms with E-state index in [4.69, 9.17) is 19.9 Å². The van der Waals surface area contributed by atoms with Crippen LogP contribution in [0.3, 0.4) is 0 Å². The van der Waals surface area contributed by atoms with E-state index in [9.17, 15) is 0 Å². The van der Waals surface area contributed by atoms with Gasteiger partial charge in [0.1, 0.15) is 21.7 Å². The van der Waals surface area contributed by atoms with Gasteiger partial charge in [0.25, 0.3) is 0 Å². The van der Waals surface area contributed by atoms with Crippen molar-refractivity contribution in [2.75, 3.05) is 9.03 Å². The Morgan fingerprint density at radius 2 is 1.27 bits per heavy atom. The number of aromatic nitrogens is 4. The molecule has 1 N–H and O–H groups in total. The van der Waals surface area contributed by atoms with Crippen molar-refractivity contribution in [2.24, 2.45) is 11.8 Å². The number of pyridine rings is 2. The van der Waals surface area contributed by atoms with E-state index in [1.54, 1.807) is 12.1 Å². The highest BCUT2D eigenvalue weighted by atomic mass is 32.2. The number of hydrogen-bond donors (Lipinski definition) is 1. The number of anilines is 3. The first-order valence-corrected chi connectivity index (χ1v) is 21.2. The summed E-state index contributed by atoms with van der Waals surface area (Å²) in [5.74, 6) is 1.45. The minimum atomic E-state index is 0.722. The van der Waals surface area contributed by atoms with E-state index in [1.165, 1.54) is 71.0 Å². The van der Waals surface area contributed by atoms with Gasteiger partial charge in [-0.3, -0.25) is 14.3 Å². The van der Waals surface area contributed by atoms with E-state index in [0.29, 0.717) is 0 Å². The molecule has 1 aliphatic heterocycles. The van der Waals surface area contributed by atoms with Gasteiger partial charge in [-0.25, -0.2) is 9.97 Å². The Morgan fingerprint density at radius 1 is 0.667 bits per heavy atom. The number of nitrogens with zero attached hydrogens (tertiary/aromatic N) is 5. The molecule has 9 heteroatoms. The maximum atomic E-state index is 5.58. The van der Waals surface area contributed by atoms with Gasteiger partial charge in [-0.15, -0.1) is 22.7 Å². The molecule has 0 aliphatic carbocycles. The lowest BCUT2D eigenvalue weighted by molar-refractivity contribution is 0.452. The first-order chi connectivity index (χ1) is 25.1. The van der Waals surface area contributed by atoms with Gasteiger partial charge in [0.2, 0.25) is 0 Å². The van der Waals surface area contributed by atoms with Gasteiger partial charge >= 0.3 is 0 Å². The molecule has 6 nitrogen and oxygen atoms in total. The van der Waals surface area contributed by atoms with E-state index >= 15 is 0 Å². The van der Waals surface area contributed by atoms with Crippen LogP contribution in [0.1, 0.15) is 88.8 Å². The number of rotatable bonds is 14. The smallest absolute Gasteiger partial charge is 0.117 e. The van der Waals surface area contributed by atoms with Crippen molar-refractivity contribution >= 4 is 95.1 Å². The van der Waals surface area contributed by atoms with Crippen LogP contribution in [0.15, 0.2) is 67.0 Å². The second-order valence-electron chi connectivity index (χ2n) is 14.0. The predicted octanol–water partition coefficient (Wildman–Crippen LogP) is 13.3. The monoisotopic (exact) mass is 730 g/mol. The van der Waals surface area contributed by atoms with Crippen molar-refractivity contribution in [2.45, 2.75) is 91.9 Å². The fourth-order valence-corrected chi connectivity index (χ4v) is 10.8. The van der Waals surface area contributed by atoms with Gasteiger partial charge < -0.3 is 4.72 Å². The van der Waals surface area contributed by atoms with Crippen LogP contribution >= 0.6 is 34.8 Å². The van der Waals surface area contributed by atoms with E-state index in [-0.39, 0.29) is 0 Å². The van der Waals surface area contributed by atoms with Gasteiger partial charge in [0, 0.05) is 43.4 Å². The lowest BCUT2D eigenvalue weighted by atomic mass is 9.95. The third kappa shape index (κ3) is 6.57. The highest BCUT2D eigenvalue weighted by Gasteiger charge is 2.30. The summed E-state index contributed by atoms with van der Waals surface area (Å²) in [6, 6.07) is 19.8. The third-order valence-corrected chi connectivity index (χ3v) is 13.8. The van der Waals surface area contributed by atoms with Gasteiger partial charge in [0.15, 0.2) is 0 Å². The molecule has 0 amide bonds. The van der Waals surface area contributed by atoms with Crippen LogP contribution < -0.4 is 9.03 Å². The molecule has 1 aliphatic rings. The standard InChI is InChI=1S/C42H46N6S3/c1-5-9-13-26(7-3)23-28-17-19-34(49-28)32-25-33-42(48(51-47-33)35-20-18-29(50-35)24-27(8-4)14-10-6-2)41-40(32)45-38-30-15-11-21-43-36(30)37-31(39(38)46-41)16-12-22-44-37/h11-12,15-22,25-27,47H,5-10,13-14,23-24H2,1-4H3. The first kappa shape index (κ1) is 34.3. The van der Waals surface area contributed by atoms with Crippen molar-refractivity contribution in [3.05, 3.63) is 76.7 Å². The summed E-state index contributed by atoms with van der Waals surface area (Å²) in [6.07, 6.45) is 16.1. The van der Waals surface area contributed by atoms with Crippen LogP contribution in [0.5, 0.6) is 0 Å². The summed E-state index contributed by atoms with van der Waals surface area (Å²) in [6.45, 7) is 9.25. The zero-order valence-corrected chi connectivity index (χ0v) is 32.5. The Balaban J connectivity index is 1.30. The van der Waals surface area contributed by atoms with Gasteiger partial charge in [-0.2, -0.15) is 0 Å². The average molecular weight is 731 g/mol. The molecule has 262 valence electrons. The number of benzene rings is 2. The maximum Gasteiger partial charge on any atom is 0.117 e. The van der Waals surface area contributed by atoms with Crippen LogP contribution in [0.4, 0.5) is 16.4 Å². The van der Waals surface area contributed by atoms with E-state index < -0.39 is 0 Å². The number of nitrogens with one attached hydrogen (secondary N) is 1. The van der Waals surface area contributed by atoms with E-state index in [0.717, 1.165) is 85.5 Å². The van der Waals surface area contributed by atoms with Crippen LogP contribution in [0.25, 0.3) is 54.3 Å². The quantitative estimate of drug-likeness (QED) is 0.0679. The van der Waals surface area contributed by atoms with Gasteiger partial charge in [0.05, 0.1) is 39.9 Å². The molecule has 7 aromatic rings. The molecule has 2 unspecified atom stereocenters. The number of hydrogen-bond acceptors (Lipinski definition) is 9. The van der Waals surface area contributed by atoms with Crippen molar-refractivity contribution in [1.29, 1.82) is 0 Å². The summed E-state index contributed by atoms with van der Waals surface area (Å²) in [5, 5.41) is 3.17. The average Bonchev–Trinajstić information content (AvgIpc) is 3.94. The van der Waals surface area contributed by atoms with E-state index in [2.05, 4.69) is 79.2 Å². The minimum absolute atomic E-state index is 0.722. The summed E-state index contributed by atoms with van der Waals surface area (Å²) >= 11 is 5.46. The first-order valence-electron chi connectivity index (χ1n) is 18.8. The zero-order valence-electron chi connectivity index (χ0n) is 30.0. The molecule has 8 rings (SSSR count). The Labute approximate surface area is 313 Å². The Bertz CT molecular complexity index is 2330. The molecular formula is C42H46N6S3. The molecule has 0 fully saturated rings. The van der Waals surface area contributed by atoms with Crippen LogP contribution in [-0.4, -0.2) is 19.9 Å². The fourth-order valence-electron chi connectivity index (χ4n) is 7.58. The second-order valence-corrected chi connectivity index (χ2v) is 17.0. The molecule has 0 spiro atoms. The minimum Gasteiger partial charge on any atom is -0.310 e. The molecule has 0 saturated heterocycles. The van der Waals surface area contributed by atoms with Crippen LogP contribution in [0, 0.1) is 11.8 Å². The third-order valence-electron chi connectivity index (χ3n) is 10.6. The number of unbranched alkanes of at least 4 members (excludes halogenated alkanes) is 2. The fraction of sp³-hybridized carbons (Fsp3) is 0.381. The molecule has 6 heterocycles. The predicted molar refractivity (Wildman–Crippen MR) is 223 cm³/mol. The molecule has 2 atom stereocenters. The van der Waals surface area contributed by atoms with Crippen molar-refractivity contribution < 1.29 is 0 Å². The normalized spacial score (nSPS) is 14.2. The number of fused-ring (bicyclic) bond motifs is 9. The van der Waals surface area contributed by atoms with Crippen molar-refractivity contribution in [3.63, 3.8) is 0 Å². The lowest BCUT2D eigenvalue weighted by Gasteiger charge is -2.17. The Morgan fingerprint density at radius 3 is 1.90 bits per heavy atom. The Kier molecular flexibility index (Phi) is 10.1. The van der Waals surface area contributed by atoms with Crippen molar-refractivity contribution in [1.82, 2.24) is 19.9 Å². The molecule has 5 aromatic heterocycles. The summed E-state index contributed by atoms with van der Waals surface area (Å²) in [5.41, 5.74) is 8.58. The zero-order chi connectivity index (χ0) is 34.9. The lowest BCUT2D eigenvalue weighted by Crippen LogP contribution is -2.03. The summed E-state index contributed by atoms with van der Waals surface area (Å²) < 4.78 is 6.03. The highest BCUT2D eigenvalue weighted by Crippen LogP contribution is 2.53. The number of thiophene rings is 2. The second kappa shape index (κ2) is 15.1. The van der Waals surface area contributed by atoms with Gasteiger partial charge in [-0.05, 0) is 79.3 Å². The van der Waals surface area contributed by atoms with Gasteiger partial charge in [-0.1, -0.05) is 79.1 Å². The molecule has 0 saturated carbocycles. The molecular weight excluding hydrogens is 685 g/mol. The molecule has 51 heavy (non-hydrogen) atoms. The summed E-state index contributed by atoms with van der Waals surface area (Å²) in [7, 11) is 0. The van der Waals surface area contributed by atoms with Crippen LogP contribution in [-0.2, 0) is 12.8 Å². The van der Waals surface area contributed by atoms with Crippen molar-refractivity contribution in [3.8, 4) is 10.4 Å². The topological polar surface area (TPSA) is 66.8 Å². The molecule has 0 radical (unpaired) electrons. The Hall–Kier alpha value is -3.79. The molecule has 0 bridgehead atoms. The van der Waals surface area contributed by atoms with E-state index in [1.807, 2.05) is 47.2 Å². The molecule has 2 aromatic carbocycles. The highest BCUT2D eigenvalue weighted by molar-refractivity contribution is 8.02.